The second-order valence-corrected chi connectivity index (χ2v) is 3.96. The maximum absolute atomic E-state index is 11.7. The zero-order chi connectivity index (χ0) is 12.0. The van der Waals surface area contributed by atoms with Crippen LogP contribution in [0.4, 0.5) is 0 Å². The van der Waals surface area contributed by atoms with Crippen LogP contribution in [-0.4, -0.2) is 13.1 Å². The van der Waals surface area contributed by atoms with E-state index < -0.39 is 0 Å². The fourth-order valence-electron chi connectivity index (χ4n) is 2.22. The van der Waals surface area contributed by atoms with Gasteiger partial charge in [-0.25, -0.2) is 0 Å². The van der Waals surface area contributed by atoms with Crippen LogP contribution in [0.2, 0.25) is 0 Å². The second-order valence-electron chi connectivity index (χ2n) is 3.96. The van der Waals surface area contributed by atoms with E-state index in [4.69, 9.17) is 4.74 Å². The van der Waals surface area contributed by atoms with Crippen molar-refractivity contribution in [1.29, 1.82) is 0 Å². The van der Waals surface area contributed by atoms with Gasteiger partial charge in [0.25, 0.3) is 0 Å². The van der Waals surface area contributed by atoms with Crippen molar-refractivity contribution in [2.24, 2.45) is 5.92 Å². The minimum absolute atomic E-state index is 0.0302. The Bertz CT molecular complexity index is 319. The summed E-state index contributed by atoms with van der Waals surface area (Å²) in [4.78, 5) is 11.7. The monoisotopic (exact) mass is 220 g/mol. The Morgan fingerprint density at radius 1 is 1.19 bits per heavy atom. The highest BCUT2D eigenvalue weighted by molar-refractivity contribution is 5.73. The number of hydrogen-bond donors (Lipinski definition) is 0. The van der Waals surface area contributed by atoms with E-state index in [0.29, 0.717) is 0 Å². The molecule has 0 aliphatic rings. The van der Waals surface area contributed by atoms with Gasteiger partial charge in [-0.3, -0.25) is 4.79 Å². The Morgan fingerprint density at radius 2 is 1.81 bits per heavy atom. The van der Waals surface area contributed by atoms with Crippen molar-refractivity contribution in [3.63, 3.8) is 0 Å². The van der Waals surface area contributed by atoms with Crippen LogP contribution in [0.5, 0.6) is 0 Å². The van der Waals surface area contributed by atoms with Crippen LogP contribution in [0, 0.1) is 5.92 Å². The largest absolute Gasteiger partial charge is 0.469 e. The molecule has 16 heavy (non-hydrogen) atoms. The molecule has 0 aliphatic carbocycles. The third kappa shape index (κ3) is 2.84. The lowest BCUT2D eigenvalue weighted by molar-refractivity contribution is -0.146. The lowest BCUT2D eigenvalue weighted by atomic mass is 9.82. The molecule has 1 rings (SSSR count). The Hall–Kier alpha value is -1.31. The van der Waals surface area contributed by atoms with E-state index in [1.165, 1.54) is 12.7 Å². The van der Waals surface area contributed by atoms with Gasteiger partial charge in [-0.2, -0.15) is 0 Å². The van der Waals surface area contributed by atoms with Gasteiger partial charge in [0.2, 0.25) is 0 Å². The van der Waals surface area contributed by atoms with E-state index in [1.54, 1.807) is 0 Å². The highest BCUT2D eigenvalue weighted by atomic mass is 16.5. The molecular weight excluding hydrogens is 200 g/mol. The molecule has 0 heterocycles. The normalized spacial score (nSPS) is 14.2. The van der Waals surface area contributed by atoms with E-state index in [-0.39, 0.29) is 17.8 Å². The highest BCUT2D eigenvalue weighted by Crippen LogP contribution is 2.30. The van der Waals surface area contributed by atoms with Crippen molar-refractivity contribution in [3.05, 3.63) is 35.9 Å². The summed E-state index contributed by atoms with van der Waals surface area (Å²) in [6.07, 6.45) is 1.78. The van der Waals surface area contributed by atoms with E-state index in [0.717, 1.165) is 12.8 Å². The molecule has 0 aromatic heterocycles. The highest BCUT2D eigenvalue weighted by Gasteiger charge is 2.27. The van der Waals surface area contributed by atoms with Gasteiger partial charge in [0.15, 0.2) is 0 Å². The van der Waals surface area contributed by atoms with Crippen molar-refractivity contribution >= 4 is 5.97 Å². The van der Waals surface area contributed by atoms with Gasteiger partial charge in [0, 0.05) is 0 Å². The molecule has 1 aromatic carbocycles. The van der Waals surface area contributed by atoms with Crippen molar-refractivity contribution in [2.45, 2.75) is 32.6 Å². The van der Waals surface area contributed by atoms with E-state index in [9.17, 15) is 4.79 Å². The molecule has 0 radical (unpaired) electrons. The molecule has 0 spiro atoms. The third-order valence-electron chi connectivity index (χ3n) is 3.10. The molecule has 2 nitrogen and oxygen atoms in total. The average molecular weight is 220 g/mol. The number of ether oxygens (including phenoxy) is 1. The summed E-state index contributed by atoms with van der Waals surface area (Å²) in [5.41, 5.74) is 1.22. The summed E-state index contributed by atoms with van der Waals surface area (Å²) in [6, 6.07) is 10.2. The Morgan fingerprint density at radius 3 is 2.25 bits per heavy atom. The van der Waals surface area contributed by atoms with E-state index >= 15 is 0 Å². The summed E-state index contributed by atoms with van der Waals surface area (Å²) in [6.45, 7) is 4.15. The van der Waals surface area contributed by atoms with Gasteiger partial charge in [0.05, 0.1) is 13.0 Å². The number of esters is 1. The molecule has 0 bridgehead atoms. The number of hydrogen-bond acceptors (Lipinski definition) is 2. The van der Waals surface area contributed by atoms with Crippen LogP contribution >= 0.6 is 0 Å². The number of rotatable bonds is 5. The summed E-state index contributed by atoms with van der Waals surface area (Å²) in [5, 5.41) is 0. The fraction of sp³-hybridized carbons (Fsp3) is 0.500. The smallest absolute Gasteiger partial charge is 0.309 e. The van der Waals surface area contributed by atoms with Crippen molar-refractivity contribution < 1.29 is 9.53 Å². The Labute approximate surface area is 97.6 Å². The summed E-state index contributed by atoms with van der Waals surface area (Å²) in [7, 11) is 1.46. The molecular formula is C14H20O2. The minimum Gasteiger partial charge on any atom is -0.469 e. The molecule has 2 atom stereocenters. The first-order chi connectivity index (χ1) is 7.74. The molecule has 0 aliphatic heterocycles. The van der Waals surface area contributed by atoms with Crippen molar-refractivity contribution in [1.82, 2.24) is 0 Å². The first-order valence-corrected chi connectivity index (χ1v) is 5.87. The second kappa shape index (κ2) is 6.31. The van der Waals surface area contributed by atoms with Crippen molar-refractivity contribution in [3.8, 4) is 0 Å². The van der Waals surface area contributed by atoms with Crippen LogP contribution in [0.3, 0.4) is 0 Å². The zero-order valence-corrected chi connectivity index (χ0v) is 10.3. The molecule has 0 N–H and O–H groups in total. The van der Waals surface area contributed by atoms with Gasteiger partial charge in [-0.15, -0.1) is 0 Å². The quantitative estimate of drug-likeness (QED) is 0.711. The lowest BCUT2D eigenvalue weighted by Gasteiger charge is -2.23. The van der Waals surface area contributed by atoms with Crippen LogP contribution in [0.1, 0.15) is 38.2 Å². The fourth-order valence-corrected chi connectivity index (χ4v) is 2.22. The number of benzene rings is 1. The van der Waals surface area contributed by atoms with Gasteiger partial charge in [-0.1, -0.05) is 44.2 Å². The van der Waals surface area contributed by atoms with Gasteiger partial charge in [-0.05, 0) is 24.3 Å². The average Bonchev–Trinajstić information content (AvgIpc) is 2.36. The summed E-state index contributed by atoms with van der Waals surface area (Å²) >= 11 is 0. The standard InChI is InChI=1S/C14H20O2/c1-4-12(11-9-7-6-8-10-11)13(5-2)14(15)16-3/h6-10,12-13H,4-5H2,1-3H3. The molecule has 2 unspecified atom stereocenters. The number of methoxy groups -OCH3 is 1. The summed E-state index contributed by atoms with van der Waals surface area (Å²) < 4.78 is 4.87. The van der Waals surface area contributed by atoms with E-state index in [2.05, 4.69) is 19.1 Å². The van der Waals surface area contributed by atoms with Crippen molar-refractivity contribution in [2.75, 3.05) is 7.11 Å². The van der Waals surface area contributed by atoms with Gasteiger partial charge in [0.1, 0.15) is 0 Å². The number of carbonyl (C=O) groups is 1. The predicted molar refractivity (Wildman–Crippen MR) is 65.3 cm³/mol. The lowest BCUT2D eigenvalue weighted by Crippen LogP contribution is -2.22. The molecule has 0 amide bonds. The molecule has 2 heteroatoms. The van der Waals surface area contributed by atoms with Crippen LogP contribution in [0.15, 0.2) is 30.3 Å². The third-order valence-corrected chi connectivity index (χ3v) is 3.10. The molecule has 1 aromatic rings. The summed E-state index contributed by atoms with van der Waals surface area (Å²) in [5.74, 6) is 0.134. The SMILES string of the molecule is CCC(C(=O)OC)C(CC)c1ccccc1. The predicted octanol–water partition coefficient (Wildman–Crippen LogP) is 3.38. The minimum atomic E-state index is -0.0989. The Kier molecular flexibility index (Phi) is 5.03. The maximum Gasteiger partial charge on any atom is 0.309 e. The van der Waals surface area contributed by atoms with Crippen LogP contribution in [-0.2, 0) is 9.53 Å². The molecule has 0 saturated heterocycles. The molecule has 0 saturated carbocycles. The number of carbonyl (C=O) groups excluding carboxylic acids is 1. The van der Waals surface area contributed by atoms with Gasteiger partial charge < -0.3 is 4.74 Å². The first-order valence-electron chi connectivity index (χ1n) is 5.87. The molecule has 0 fully saturated rings. The topological polar surface area (TPSA) is 26.3 Å². The van der Waals surface area contributed by atoms with Crippen LogP contribution in [0.25, 0.3) is 0 Å². The first kappa shape index (κ1) is 12.8. The van der Waals surface area contributed by atoms with E-state index in [1.807, 2.05) is 25.1 Å². The van der Waals surface area contributed by atoms with Crippen LogP contribution < -0.4 is 0 Å². The maximum atomic E-state index is 11.7. The Balaban J connectivity index is 2.92. The zero-order valence-electron chi connectivity index (χ0n) is 10.3. The molecule has 88 valence electrons. The van der Waals surface area contributed by atoms with Gasteiger partial charge >= 0.3 is 5.97 Å².